The van der Waals surface area contributed by atoms with Crippen LogP contribution in [-0.4, -0.2) is 42.8 Å². The van der Waals surface area contributed by atoms with Crippen LogP contribution in [0.15, 0.2) is 24.3 Å². The van der Waals surface area contributed by atoms with Crippen LogP contribution in [0, 0.1) is 5.92 Å². The summed E-state index contributed by atoms with van der Waals surface area (Å²) in [5, 5.41) is 4.18. The van der Waals surface area contributed by atoms with Crippen molar-refractivity contribution >= 4 is 17.5 Å². The van der Waals surface area contributed by atoms with E-state index in [0.717, 1.165) is 50.4 Å². The van der Waals surface area contributed by atoms with Gasteiger partial charge in [0.05, 0.1) is 13.3 Å². The first kappa shape index (κ1) is 15.4. The van der Waals surface area contributed by atoms with Crippen LogP contribution in [0.4, 0.5) is 0 Å². The summed E-state index contributed by atoms with van der Waals surface area (Å²) in [6, 6.07) is 8.14. The van der Waals surface area contributed by atoms with Gasteiger partial charge >= 0.3 is 0 Å². The van der Waals surface area contributed by atoms with Crippen LogP contribution in [0.1, 0.15) is 37.2 Å². The Bertz CT molecular complexity index is 584. The highest BCUT2D eigenvalue weighted by molar-refractivity contribution is 6.30. The third kappa shape index (κ3) is 3.00. The molecular formula is C18H23ClN2O2. The Kier molecular flexibility index (Phi) is 4.08. The maximum Gasteiger partial charge on any atom is 0.225 e. The zero-order valence-electron chi connectivity index (χ0n) is 13.3. The number of benzene rings is 1. The van der Waals surface area contributed by atoms with Crippen molar-refractivity contribution in [2.75, 3.05) is 26.4 Å². The normalized spacial score (nSPS) is 31.3. The van der Waals surface area contributed by atoms with Gasteiger partial charge < -0.3 is 9.64 Å². The van der Waals surface area contributed by atoms with E-state index in [1.807, 2.05) is 12.1 Å². The summed E-state index contributed by atoms with van der Waals surface area (Å²) in [5.41, 5.74) is 1.40. The Morgan fingerprint density at radius 1 is 1.30 bits per heavy atom. The van der Waals surface area contributed by atoms with Gasteiger partial charge in [-0.25, -0.2) is 0 Å². The summed E-state index contributed by atoms with van der Waals surface area (Å²) in [6.07, 6.45) is 3.93. The topological polar surface area (TPSA) is 41.6 Å². The maximum absolute atomic E-state index is 12.7. The van der Waals surface area contributed by atoms with Crippen LogP contribution in [0.3, 0.4) is 0 Å². The highest BCUT2D eigenvalue weighted by atomic mass is 35.5. The van der Waals surface area contributed by atoms with Gasteiger partial charge in [0.25, 0.3) is 0 Å². The van der Waals surface area contributed by atoms with E-state index >= 15 is 0 Å². The van der Waals surface area contributed by atoms with Gasteiger partial charge in [-0.1, -0.05) is 23.7 Å². The molecule has 124 valence electrons. The second-order valence-corrected chi connectivity index (χ2v) is 7.65. The standard InChI is InChI=1S/C18H23ClN2O2/c19-16-3-1-2-14(8-16)13-4-6-21(7-5-13)17(22)15-9-18(10-15)11-23-12-20-18/h1-3,8,13,15,20H,4-7,9-12H2. The molecule has 23 heavy (non-hydrogen) atoms. The Labute approximate surface area is 142 Å². The van der Waals surface area contributed by atoms with Crippen LogP contribution in [0.5, 0.6) is 0 Å². The molecule has 5 heteroatoms. The first-order valence-corrected chi connectivity index (χ1v) is 8.90. The minimum atomic E-state index is 0.0967. The van der Waals surface area contributed by atoms with E-state index in [1.54, 1.807) is 0 Å². The third-order valence-electron chi connectivity index (χ3n) is 5.68. The van der Waals surface area contributed by atoms with Crippen molar-refractivity contribution in [1.29, 1.82) is 0 Å². The number of hydrogen-bond acceptors (Lipinski definition) is 3. The second-order valence-electron chi connectivity index (χ2n) is 7.21. The molecule has 1 saturated carbocycles. The summed E-state index contributed by atoms with van der Waals surface area (Å²) in [4.78, 5) is 14.7. The predicted molar refractivity (Wildman–Crippen MR) is 89.4 cm³/mol. The number of piperidine rings is 1. The first-order valence-electron chi connectivity index (χ1n) is 8.52. The number of rotatable bonds is 2. The molecular weight excluding hydrogens is 312 g/mol. The van der Waals surface area contributed by atoms with Gasteiger partial charge in [0.15, 0.2) is 0 Å². The van der Waals surface area contributed by atoms with Gasteiger partial charge in [0.2, 0.25) is 5.91 Å². The number of hydrogen-bond donors (Lipinski definition) is 1. The van der Waals surface area contributed by atoms with Crippen LogP contribution in [0.25, 0.3) is 0 Å². The molecule has 1 aliphatic carbocycles. The molecule has 1 aromatic carbocycles. The number of likely N-dealkylation sites (tertiary alicyclic amines) is 1. The molecule has 3 aliphatic rings. The fourth-order valence-corrected chi connectivity index (χ4v) is 4.47. The zero-order chi connectivity index (χ0) is 15.9. The molecule has 0 bridgehead atoms. The molecule has 2 aliphatic heterocycles. The summed E-state index contributed by atoms with van der Waals surface area (Å²) in [6.45, 7) is 3.12. The van der Waals surface area contributed by atoms with Gasteiger partial charge in [0, 0.05) is 29.6 Å². The number of halogens is 1. The Hall–Kier alpha value is -1.10. The first-order chi connectivity index (χ1) is 11.2. The quantitative estimate of drug-likeness (QED) is 0.904. The van der Waals surface area contributed by atoms with Gasteiger partial charge in [-0.15, -0.1) is 0 Å². The Morgan fingerprint density at radius 2 is 2.09 bits per heavy atom. The van der Waals surface area contributed by atoms with E-state index in [4.69, 9.17) is 16.3 Å². The van der Waals surface area contributed by atoms with Crippen LogP contribution < -0.4 is 5.32 Å². The highest BCUT2D eigenvalue weighted by Gasteiger charge is 2.50. The number of ether oxygens (including phenoxy) is 1. The largest absolute Gasteiger partial charge is 0.364 e. The summed E-state index contributed by atoms with van der Waals surface area (Å²) < 4.78 is 5.40. The van der Waals surface area contributed by atoms with Crippen molar-refractivity contribution in [3.63, 3.8) is 0 Å². The monoisotopic (exact) mass is 334 g/mol. The molecule has 3 fully saturated rings. The molecule has 0 aromatic heterocycles. The van der Waals surface area contributed by atoms with Crippen molar-refractivity contribution < 1.29 is 9.53 Å². The molecule has 2 heterocycles. The lowest BCUT2D eigenvalue weighted by Crippen LogP contribution is -2.58. The molecule has 1 N–H and O–H groups in total. The van der Waals surface area contributed by atoms with Crippen molar-refractivity contribution in [1.82, 2.24) is 10.2 Å². The molecule has 2 saturated heterocycles. The summed E-state index contributed by atoms with van der Waals surface area (Å²) >= 11 is 6.09. The average Bonchev–Trinajstić information content (AvgIpc) is 3.03. The van der Waals surface area contributed by atoms with Crippen molar-refractivity contribution in [3.8, 4) is 0 Å². The van der Waals surface area contributed by atoms with Gasteiger partial charge in [-0.05, 0) is 49.3 Å². The van der Waals surface area contributed by atoms with Gasteiger partial charge in [-0.3, -0.25) is 10.1 Å². The Morgan fingerprint density at radius 3 is 2.74 bits per heavy atom. The predicted octanol–water partition coefficient (Wildman–Crippen LogP) is 2.77. The lowest BCUT2D eigenvalue weighted by molar-refractivity contribution is -0.142. The van der Waals surface area contributed by atoms with Crippen LogP contribution in [-0.2, 0) is 9.53 Å². The number of carbonyl (C=O) groups is 1. The molecule has 0 atom stereocenters. The molecule has 0 radical (unpaired) electrons. The van der Waals surface area contributed by atoms with E-state index in [9.17, 15) is 4.79 Å². The van der Waals surface area contributed by atoms with Gasteiger partial charge in [-0.2, -0.15) is 0 Å². The molecule has 4 nitrogen and oxygen atoms in total. The van der Waals surface area contributed by atoms with E-state index in [2.05, 4.69) is 22.3 Å². The van der Waals surface area contributed by atoms with Gasteiger partial charge in [0.1, 0.15) is 0 Å². The van der Waals surface area contributed by atoms with E-state index in [0.29, 0.717) is 18.6 Å². The molecule has 0 unspecified atom stereocenters. The third-order valence-corrected chi connectivity index (χ3v) is 5.91. The SMILES string of the molecule is O=C(C1CC2(COCN2)C1)N1CCC(c2cccc(Cl)c2)CC1. The number of nitrogens with one attached hydrogen (secondary N) is 1. The number of carbonyl (C=O) groups excluding carboxylic acids is 1. The molecule has 1 spiro atoms. The molecule has 1 aromatic rings. The highest BCUT2D eigenvalue weighted by Crippen LogP contribution is 2.41. The maximum atomic E-state index is 12.7. The summed E-state index contributed by atoms with van der Waals surface area (Å²) in [5.74, 6) is 1.05. The number of nitrogens with zero attached hydrogens (tertiary/aromatic N) is 1. The fraction of sp³-hybridized carbons (Fsp3) is 0.611. The molecule has 1 amide bonds. The summed E-state index contributed by atoms with van der Waals surface area (Å²) in [7, 11) is 0. The van der Waals surface area contributed by atoms with Crippen LogP contribution >= 0.6 is 11.6 Å². The second kappa shape index (κ2) is 6.08. The van der Waals surface area contributed by atoms with E-state index in [-0.39, 0.29) is 11.5 Å². The van der Waals surface area contributed by atoms with Crippen molar-refractivity contribution in [2.24, 2.45) is 5.92 Å². The lowest BCUT2D eigenvalue weighted by Gasteiger charge is -2.45. The Balaban J connectivity index is 1.30. The fourth-order valence-electron chi connectivity index (χ4n) is 4.27. The minimum absolute atomic E-state index is 0.0967. The number of amides is 1. The molecule has 4 rings (SSSR count). The smallest absolute Gasteiger partial charge is 0.225 e. The average molecular weight is 335 g/mol. The van der Waals surface area contributed by atoms with E-state index < -0.39 is 0 Å². The lowest BCUT2D eigenvalue weighted by atomic mass is 9.68. The van der Waals surface area contributed by atoms with Crippen molar-refractivity contribution in [3.05, 3.63) is 34.9 Å². The minimum Gasteiger partial charge on any atom is -0.364 e. The van der Waals surface area contributed by atoms with Crippen LogP contribution in [0.2, 0.25) is 5.02 Å². The van der Waals surface area contributed by atoms with E-state index in [1.165, 1.54) is 5.56 Å². The van der Waals surface area contributed by atoms with Crippen molar-refractivity contribution in [2.45, 2.75) is 37.1 Å². The zero-order valence-corrected chi connectivity index (χ0v) is 14.0.